The van der Waals surface area contributed by atoms with Crippen molar-refractivity contribution < 1.29 is 4.79 Å². The van der Waals surface area contributed by atoms with Gasteiger partial charge in [0.05, 0.1) is 12.5 Å². The van der Waals surface area contributed by atoms with Gasteiger partial charge in [0.25, 0.3) is 0 Å². The van der Waals surface area contributed by atoms with Crippen LogP contribution < -0.4 is 5.32 Å². The van der Waals surface area contributed by atoms with Crippen LogP contribution >= 0.6 is 11.3 Å². The fraction of sp³-hybridized carbons (Fsp3) is 0.143. The summed E-state index contributed by atoms with van der Waals surface area (Å²) < 4.78 is 2.05. The van der Waals surface area contributed by atoms with E-state index >= 15 is 0 Å². The minimum atomic E-state index is -0.0650. The summed E-state index contributed by atoms with van der Waals surface area (Å²) in [6.07, 6.45) is 7.60. The minimum Gasteiger partial charge on any atom is -0.346 e. The number of anilines is 1. The summed E-state index contributed by atoms with van der Waals surface area (Å²) in [4.78, 5) is 19.0. The molecule has 3 rings (SSSR count). The zero-order valence-electron chi connectivity index (χ0n) is 10.7. The highest BCUT2D eigenvalue weighted by Crippen LogP contribution is 2.24. The third-order valence-corrected chi connectivity index (χ3v) is 3.75. The predicted molar refractivity (Wildman–Crippen MR) is 78.7 cm³/mol. The molecule has 2 N–H and O–H groups in total. The molecule has 3 aromatic heterocycles. The van der Waals surface area contributed by atoms with Crippen molar-refractivity contribution in [2.45, 2.75) is 12.5 Å². The molecule has 0 aromatic carbocycles. The monoisotopic (exact) mass is 286 g/mol. The fourth-order valence-corrected chi connectivity index (χ4v) is 2.81. The number of aromatic amines is 1. The van der Waals surface area contributed by atoms with Gasteiger partial charge < -0.3 is 9.55 Å². The Labute approximate surface area is 120 Å². The van der Waals surface area contributed by atoms with Gasteiger partial charge in [0.15, 0.2) is 0 Å². The lowest BCUT2D eigenvalue weighted by Gasteiger charge is -2.17. The molecule has 0 fully saturated rings. The maximum Gasteiger partial charge on any atom is 0.229 e. The average Bonchev–Trinajstić information content (AvgIpc) is 3.18. The first-order chi connectivity index (χ1) is 9.83. The highest BCUT2D eigenvalue weighted by molar-refractivity contribution is 7.07. The number of carbonyl (C=O) groups is 1. The molecule has 3 aromatic rings. The van der Waals surface area contributed by atoms with E-state index < -0.39 is 0 Å². The van der Waals surface area contributed by atoms with E-state index in [-0.39, 0.29) is 11.9 Å². The van der Waals surface area contributed by atoms with Crippen LogP contribution in [0.4, 0.5) is 5.95 Å². The summed E-state index contributed by atoms with van der Waals surface area (Å²) in [6.45, 7) is 0. The van der Waals surface area contributed by atoms with Crippen LogP contribution in [0.1, 0.15) is 18.0 Å². The lowest BCUT2D eigenvalue weighted by molar-refractivity contribution is -0.116. The van der Waals surface area contributed by atoms with E-state index in [2.05, 4.69) is 26.7 Å². The summed E-state index contributed by atoms with van der Waals surface area (Å²) in [6, 6.07) is 5.98. The molecule has 6 heteroatoms. The number of hydrogen-bond acceptors (Lipinski definition) is 3. The Kier molecular flexibility index (Phi) is 3.64. The van der Waals surface area contributed by atoms with Crippen molar-refractivity contribution in [1.82, 2.24) is 14.5 Å². The third kappa shape index (κ3) is 2.80. The Bertz CT molecular complexity index is 609. The van der Waals surface area contributed by atoms with Gasteiger partial charge in [-0.15, -0.1) is 0 Å². The van der Waals surface area contributed by atoms with E-state index in [0.717, 1.165) is 5.56 Å². The van der Waals surface area contributed by atoms with Crippen molar-refractivity contribution in [1.29, 1.82) is 0 Å². The first-order valence-corrected chi connectivity index (χ1v) is 7.21. The van der Waals surface area contributed by atoms with Gasteiger partial charge in [0.1, 0.15) is 0 Å². The maximum atomic E-state index is 12.1. The van der Waals surface area contributed by atoms with Crippen LogP contribution in [0.3, 0.4) is 0 Å². The molecule has 102 valence electrons. The van der Waals surface area contributed by atoms with E-state index in [1.54, 1.807) is 23.7 Å². The minimum absolute atomic E-state index is 0.00575. The summed E-state index contributed by atoms with van der Waals surface area (Å²) in [5.74, 6) is 0.413. The highest BCUT2D eigenvalue weighted by atomic mass is 32.1. The fourth-order valence-electron chi connectivity index (χ4n) is 2.11. The van der Waals surface area contributed by atoms with Crippen LogP contribution in [0.15, 0.2) is 53.7 Å². The van der Waals surface area contributed by atoms with Crippen molar-refractivity contribution in [2.24, 2.45) is 0 Å². The molecule has 0 aliphatic rings. The molecular formula is C14H14N4OS. The summed E-state index contributed by atoms with van der Waals surface area (Å²) >= 11 is 1.63. The van der Waals surface area contributed by atoms with Gasteiger partial charge in [-0.25, -0.2) is 4.98 Å². The molecule has 1 unspecified atom stereocenters. The molecule has 0 saturated carbocycles. The van der Waals surface area contributed by atoms with Crippen molar-refractivity contribution in [2.75, 3.05) is 5.32 Å². The predicted octanol–water partition coefficient (Wildman–Crippen LogP) is 2.89. The van der Waals surface area contributed by atoms with Crippen LogP contribution in [0.25, 0.3) is 0 Å². The lowest BCUT2D eigenvalue weighted by Crippen LogP contribution is -2.19. The van der Waals surface area contributed by atoms with Crippen molar-refractivity contribution in [3.63, 3.8) is 0 Å². The zero-order chi connectivity index (χ0) is 13.8. The first-order valence-electron chi connectivity index (χ1n) is 6.27. The van der Waals surface area contributed by atoms with E-state index in [1.165, 1.54) is 0 Å². The van der Waals surface area contributed by atoms with Gasteiger partial charge in [-0.3, -0.25) is 10.1 Å². The van der Waals surface area contributed by atoms with Crippen LogP contribution in [0.2, 0.25) is 0 Å². The van der Waals surface area contributed by atoms with E-state index in [1.807, 2.05) is 34.5 Å². The Morgan fingerprint density at radius 1 is 1.45 bits per heavy atom. The number of aromatic nitrogens is 3. The number of carbonyl (C=O) groups excluding carboxylic acids is 1. The zero-order valence-corrected chi connectivity index (χ0v) is 11.5. The molecule has 0 aliphatic heterocycles. The second kappa shape index (κ2) is 5.75. The smallest absolute Gasteiger partial charge is 0.229 e. The van der Waals surface area contributed by atoms with Gasteiger partial charge in [0, 0.05) is 24.8 Å². The number of imidazole rings is 1. The number of nitrogens with zero attached hydrogens (tertiary/aromatic N) is 2. The standard InChI is InChI=1S/C14H14N4OS/c19-13(17-14-15-4-5-16-14)9-12(11-3-8-20-10-11)18-6-1-2-7-18/h1-8,10,12H,9H2,(H2,15,16,17,19). The number of H-pyrrole nitrogens is 1. The van der Waals surface area contributed by atoms with Gasteiger partial charge in [-0.1, -0.05) is 0 Å². The number of hydrogen-bond donors (Lipinski definition) is 2. The molecule has 1 amide bonds. The van der Waals surface area contributed by atoms with Crippen LogP contribution in [0.5, 0.6) is 0 Å². The van der Waals surface area contributed by atoms with Gasteiger partial charge in [-0.2, -0.15) is 11.3 Å². The number of amides is 1. The van der Waals surface area contributed by atoms with Crippen molar-refractivity contribution in [3.05, 3.63) is 59.3 Å². The van der Waals surface area contributed by atoms with Crippen LogP contribution in [0, 0.1) is 0 Å². The molecule has 0 aliphatic carbocycles. The van der Waals surface area contributed by atoms with E-state index in [9.17, 15) is 4.79 Å². The molecule has 3 heterocycles. The summed E-state index contributed by atoms with van der Waals surface area (Å²) in [5.41, 5.74) is 1.14. The van der Waals surface area contributed by atoms with Gasteiger partial charge in [-0.05, 0) is 34.5 Å². The van der Waals surface area contributed by atoms with Crippen LogP contribution in [-0.4, -0.2) is 20.4 Å². The summed E-state index contributed by atoms with van der Waals surface area (Å²) in [7, 11) is 0. The van der Waals surface area contributed by atoms with Gasteiger partial charge in [0.2, 0.25) is 11.9 Å². The number of nitrogens with one attached hydrogen (secondary N) is 2. The number of rotatable bonds is 5. The second-order valence-electron chi connectivity index (χ2n) is 4.39. The quantitative estimate of drug-likeness (QED) is 0.757. The SMILES string of the molecule is O=C(CC(c1ccsc1)n1cccc1)Nc1ncc[nH]1. The highest BCUT2D eigenvalue weighted by Gasteiger charge is 2.18. The largest absolute Gasteiger partial charge is 0.346 e. The molecule has 20 heavy (non-hydrogen) atoms. The Balaban J connectivity index is 1.75. The molecule has 1 atom stereocenters. The average molecular weight is 286 g/mol. The molecule has 0 radical (unpaired) electrons. The molecule has 0 spiro atoms. The molecule has 0 bridgehead atoms. The lowest BCUT2D eigenvalue weighted by atomic mass is 10.1. The Hall–Kier alpha value is -2.34. The summed E-state index contributed by atoms with van der Waals surface area (Å²) in [5, 5.41) is 6.86. The molecule has 0 saturated heterocycles. The normalized spacial score (nSPS) is 12.2. The van der Waals surface area contributed by atoms with Gasteiger partial charge >= 0.3 is 0 Å². The maximum absolute atomic E-state index is 12.1. The van der Waals surface area contributed by atoms with Crippen molar-refractivity contribution >= 4 is 23.2 Å². The number of thiophene rings is 1. The first kappa shape index (κ1) is 12.7. The van der Waals surface area contributed by atoms with Crippen molar-refractivity contribution in [3.8, 4) is 0 Å². The molecule has 5 nitrogen and oxygen atoms in total. The van der Waals surface area contributed by atoms with Crippen LogP contribution in [-0.2, 0) is 4.79 Å². The second-order valence-corrected chi connectivity index (χ2v) is 5.17. The molecular weight excluding hydrogens is 272 g/mol. The van der Waals surface area contributed by atoms with E-state index in [0.29, 0.717) is 12.4 Å². The third-order valence-electron chi connectivity index (χ3n) is 3.05. The topological polar surface area (TPSA) is 62.7 Å². The Morgan fingerprint density at radius 2 is 2.30 bits per heavy atom. The van der Waals surface area contributed by atoms with E-state index in [4.69, 9.17) is 0 Å². The Morgan fingerprint density at radius 3 is 2.95 bits per heavy atom.